The summed E-state index contributed by atoms with van der Waals surface area (Å²) in [6, 6.07) is 8.10. The molecule has 1 N–H and O–H groups in total. The molecule has 2 heterocycles. The lowest BCUT2D eigenvalue weighted by atomic mass is 10.2. The molecule has 4 heteroatoms. The summed E-state index contributed by atoms with van der Waals surface area (Å²) in [5, 5.41) is 3.45. The number of pyridine rings is 1. The third-order valence-electron chi connectivity index (χ3n) is 2.58. The number of aromatic nitrogens is 1. The van der Waals surface area contributed by atoms with Crippen LogP contribution < -0.4 is 10.1 Å². The van der Waals surface area contributed by atoms with Crippen molar-refractivity contribution in [1.29, 1.82) is 0 Å². The van der Waals surface area contributed by atoms with Gasteiger partial charge in [-0.05, 0) is 36.7 Å². The SMILES string of the molecule is CC(C)CNCc1ccc(COc2cccnc2)s1. The first kappa shape index (κ1) is 14.0. The summed E-state index contributed by atoms with van der Waals surface area (Å²) in [7, 11) is 0. The molecule has 0 spiro atoms. The normalized spacial score (nSPS) is 10.9. The maximum Gasteiger partial charge on any atom is 0.138 e. The molecule has 0 atom stereocenters. The lowest BCUT2D eigenvalue weighted by molar-refractivity contribution is 0.308. The Morgan fingerprint density at radius 1 is 1.26 bits per heavy atom. The fourth-order valence-corrected chi connectivity index (χ4v) is 2.57. The summed E-state index contributed by atoms with van der Waals surface area (Å²) in [6.07, 6.45) is 3.48. The van der Waals surface area contributed by atoms with Gasteiger partial charge < -0.3 is 10.1 Å². The van der Waals surface area contributed by atoms with Gasteiger partial charge in [0.05, 0.1) is 6.20 Å². The summed E-state index contributed by atoms with van der Waals surface area (Å²) in [5.74, 6) is 1.50. The zero-order chi connectivity index (χ0) is 13.5. The molecule has 2 aromatic rings. The van der Waals surface area contributed by atoms with Gasteiger partial charge in [-0.1, -0.05) is 13.8 Å². The van der Waals surface area contributed by atoms with Gasteiger partial charge in [-0.3, -0.25) is 4.98 Å². The summed E-state index contributed by atoms with van der Waals surface area (Å²) in [6.45, 7) is 7.04. The molecule has 0 saturated carbocycles. The lowest BCUT2D eigenvalue weighted by Gasteiger charge is -2.05. The van der Waals surface area contributed by atoms with E-state index >= 15 is 0 Å². The molecule has 0 bridgehead atoms. The summed E-state index contributed by atoms with van der Waals surface area (Å²) < 4.78 is 5.68. The van der Waals surface area contributed by atoms with Gasteiger partial charge in [0.2, 0.25) is 0 Å². The van der Waals surface area contributed by atoms with E-state index in [9.17, 15) is 0 Å². The van der Waals surface area contributed by atoms with Crippen LogP contribution in [-0.4, -0.2) is 11.5 Å². The fourth-order valence-electron chi connectivity index (χ4n) is 1.67. The number of thiophene rings is 1. The predicted octanol–water partition coefficient (Wildman–Crippen LogP) is 3.47. The molecule has 0 aliphatic rings. The van der Waals surface area contributed by atoms with Crippen molar-refractivity contribution in [2.45, 2.75) is 27.0 Å². The van der Waals surface area contributed by atoms with Crippen LogP contribution in [-0.2, 0) is 13.2 Å². The van der Waals surface area contributed by atoms with Crippen LogP contribution in [0.5, 0.6) is 5.75 Å². The first-order valence-electron chi connectivity index (χ1n) is 6.55. The van der Waals surface area contributed by atoms with Gasteiger partial charge in [-0.25, -0.2) is 0 Å². The molecule has 0 saturated heterocycles. The largest absolute Gasteiger partial charge is 0.486 e. The van der Waals surface area contributed by atoms with E-state index in [0.717, 1.165) is 18.8 Å². The minimum Gasteiger partial charge on any atom is -0.486 e. The highest BCUT2D eigenvalue weighted by Crippen LogP contribution is 2.18. The van der Waals surface area contributed by atoms with Crippen LogP contribution >= 0.6 is 11.3 Å². The van der Waals surface area contributed by atoms with Crippen molar-refractivity contribution in [3.05, 3.63) is 46.4 Å². The van der Waals surface area contributed by atoms with E-state index in [0.29, 0.717) is 12.5 Å². The highest BCUT2D eigenvalue weighted by Gasteiger charge is 2.02. The number of nitrogens with one attached hydrogen (secondary N) is 1. The van der Waals surface area contributed by atoms with Gasteiger partial charge in [0, 0.05) is 22.5 Å². The minimum atomic E-state index is 0.612. The van der Waals surface area contributed by atoms with Crippen LogP contribution in [0.25, 0.3) is 0 Å². The molecular weight excluding hydrogens is 256 g/mol. The summed E-state index contributed by atoms with van der Waals surface area (Å²) in [4.78, 5) is 6.62. The van der Waals surface area contributed by atoms with E-state index in [1.807, 2.05) is 12.1 Å². The van der Waals surface area contributed by atoms with Crippen molar-refractivity contribution in [3.63, 3.8) is 0 Å². The van der Waals surface area contributed by atoms with Gasteiger partial charge in [0.25, 0.3) is 0 Å². The Kier molecular flexibility index (Phi) is 5.36. The van der Waals surface area contributed by atoms with Crippen LogP contribution in [0.15, 0.2) is 36.7 Å². The first-order valence-corrected chi connectivity index (χ1v) is 7.37. The molecule has 3 nitrogen and oxygen atoms in total. The summed E-state index contributed by atoms with van der Waals surface area (Å²) >= 11 is 1.80. The predicted molar refractivity (Wildman–Crippen MR) is 79.4 cm³/mol. The standard InChI is InChI=1S/C15H20N2OS/c1-12(2)8-17-10-14-5-6-15(19-14)11-18-13-4-3-7-16-9-13/h3-7,9,12,17H,8,10-11H2,1-2H3. The zero-order valence-corrected chi connectivity index (χ0v) is 12.2. The molecular formula is C15H20N2OS. The van der Waals surface area contributed by atoms with Crippen molar-refractivity contribution < 1.29 is 4.74 Å². The second-order valence-corrected chi connectivity index (χ2v) is 6.12. The van der Waals surface area contributed by atoms with Crippen molar-refractivity contribution in [2.24, 2.45) is 5.92 Å². The van der Waals surface area contributed by atoms with Gasteiger partial charge in [0.1, 0.15) is 12.4 Å². The maximum absolute atomic E-state index is 5.68. The van der Waals surface area contributed by atoms with E-state index in [1.54, 1.807) is 23.7 Å². The number of nitrogens with zero attached hydrogens (tertiary/aromatic N) is 1. The van der Waals surface area contributed by atoms with E-state index in [2.05, 4.69) is 36.3 Å². The van der Waals surface area contributed by atoms with E-state index in [-0.39, 0.29) is 0 Å². The highest BCUT2D eigenvalue weighted by atomic mass is 32.1. The number of hydrogen-bond acceptors (Lipinski definition) is 4. The molecule has 0 amide bonds. The van der Waals surface area contributed by atoms with Crippen molar-refractivity contribution in [3.8, 4) is 5.75 Å². The molecule has 2 rings (SSSR count). The molecule has 0 radical (unpaired) electrons. The molecule has 0 aromatic carbocycles. The average molecular weight is 276 g/mol. The molecule has 0 aliphatic heterocycles. The van der Waals surface area contributed by atoms with Gasteiger partial charge >= 0.3 is 0 Å². The summed E-state index contributed by atoms with van der Waals surface area (Å²) in [5.41, 5.74) is 0. The van der Waals surface area contributed by atoms with Crippen LogP contribution in [0.4, 0.5) is 0 Å². The Morgan fingerprint density at radius 3 is 2.84 bits per heavy atom. The maximum atomic E-state index is 5.68. The molecule has 0 unspecified atom stereocenters. The Bertz CT molecular complexity index is 482. The molecule has 0 fully saturated rings. The number of ether oxygens (including phenoxy) is 1. The van der Waals surface area contributed by atoms with Crippen molar-refractivity contribution >= 4 is 11.3 Å². The first-order chi connectivity index (χ1) is 9.24. The third kappa shape index (κ3) is 5.01. The fraction of sp³-hybridized carbons (Fsp3) is 0.400. The molecule has 19 heavy (non-hydrogen) atoms. The minimum absolute atomic E-state index is 0.612. The molecule has 2 aromatic heterocycles. The Morgan fingerprint density at radius 2 is 2.11 bits per heavy atom. The Hall–Kier alpha value is -1.39. The topological polar surface area (TPSA) is 34.1 Å². The monoisotopic (exact) mass is 276 g/mol. The van der Waals surface area contributed by atoms with Crippen molar-refractivity contribution in [1.82, 2.24) is 10.3 Å². The molecule has 102 valence electrons. The van der Waals surface area contributed by atoms with Crippen LogP contribution in [0.2, 0.25) is 0 Å². The van der Waals surface area contributed by atoms with Gasteiger partial charge in [-0.15, -0.1) is 11.3 Å². The van der Waals surface area contributed by atoms with Crippen LogP contribution in [0.1, 0.15) is 23.6 Å². The zero-order valence-electron chi connectivity index (χ0n) is 11.4. The van der Waals surface area contributed by atoms with Gasteiger partial charge in [0.15, 0.2) is 0 Å². The third-order valence-corrected chi connectivity index (χ3v) is 3.64. The van der Waals surface area contributed by atoms with E-state index in [1.165, 1.54) is 9.75 Å². The molecule has 0 aliphatic carbocycles. The second-order valence-electron chi connectivity index (χ2n) is 4.87. The van der Waals surface area contributed by atoms with E-state index in [4.69, 9.17) is 4.74 Å². The average Bonchev–Trinajstić information content (AvgIpc) is 2.85. The van der Waals surface area contributed by atoms with E-state index < -0.39 is 0 Å². The van der Waals surface area contributed by atoms with Crippen molar-refractivity contribution in [2.75, 3.05) is 6.54 Å². The smallest absolute Gasteiger partial charge is 0.138 e. The number of rotatable bonds is 7. The lowest BCUT2D eigenvalue weighted by Crippen LogP contribution is -2.18. The van der Waals surface area contributed by atoms with Gasteiger partial charge in [-0.2, -0.15) is 0 Å². The highest BCUT2D eigenvalue weighted by molar-refractivity contribution is 7.11. The number of hydrogen-bond donors (Lipinski definition) is 1. The quantitative estimate of drug-likeness (QED) is 0.841. The Balaban J connectivity index is 1.77. The van der Waals surface area contributed by atoms with Crippen LogP contribution in [0, 0.1) is 5.92 Å². The second kappa shape index (κ2) is 7.26. The van der Waals surface area contributed by atoms with Crippen LogP contribution in [0.3, 0.4) is 0 Å². The Labute approximate surface area is 118 Å².